The number of hydrogen-bond donors (Lipinski definition) is 2. The van der Waals surface area contributed by atoms with Crippen molar-refractivity contribution < 1.29 is 13.9 Å². The van der Waals surface area contributed by atoms with Crippen LogP contribution in [-0.2, 0) is 15.9 Å². The summed E-state index contributed by atoms with van der Waals surface area (Å²) in [6, 6.07) is 4.93. The standard InChI is InChI=1S/C19H32FN3O2/c1-4-21-19(22-10-5-6-12-25-14-13-24-3)23-11-9-17-7-8-18(20)15-16(17)2/h7-8,15H,4-6,9-14H2,1-3H3,(H2,21,22,23). The smallest absolute Gasteiger partial charge is 0.191 e. The molecule has 0 aliphatic rings. The number of methoxy groups -OCH3 is 1. The molecule has 25 heavy (non-hydrogen) atoms. The molecule has 1 aromatic rings. The summed E-state index contributed by atoms with van der Waals surface area (Å²) in [5, 5.41) is 6.57. The van der Waals surface area contributed by atoms with Gasteiger partial charge < -0.3 is 20.1 Å². The van der Waals surface area contributed by atoms with Crippen molar-refractivity contribution in [3.63, 3.8) is 0 Å². The van der Waals surface area contributed by atoms with E-state index in [0.717, 1.165) is 62.6 Å². The summed E-state index contributed by atoms with van der Waals surface area (Å²) in [6.45, 7) is 8.36. The molecule has 0 saturated carbocycles. The van der Waals surface area contributed by atoms with E-state index in [-0.39, 0.29) is 5.82 Å². The number of ether oxygens (including phenoxy) is 2. The lowest BCUT2D eigenvalue weighted by Crippen LogP contribution is -2.38. The lowest BCUT2D eigenvalue weighted by molar-refractivity contribution is 0.0690. The van der Waals surface area contributed by atoms with Gasteiger partial charge in [0.05, 0.1) is 13.2 Å². The fraction of sp³-hybridized carbons (Fsp3) is 0.632. The van der Waals surface area contributed by atoms with Gasteiger partial charge in [0, 0.05) is 33.4 Å². The largest absolute Gasteiger partial charge is 0.382 e. The van der Waals surface area contributed by atoms with Gasteiger partial charge in [-0.05, 0) is 56.4 Å². The molecule has 0 fully saturated rings. The Morgan fingerprint density at radius 3 is 2.72 bits per heavy atom. The van der Waals surface area contributed by atoms with E-state index >= 15 is 0 Å². The van der Waals surface area contributed by atoms with E-state index in [2.05, 4.69) is 15.6 Å². The molecule has 0 radical (unpaired) electrons. The molecule has 142 valence electrons. The number of hydrogen-bond acceptors (Lipinski definition) is 3. The van der Waals surface area contributed by atoms with Crippen LogP contribution >= 0.6 is 0 Å². The van der Waals surface area contributed by atoms with Crippen LogP contribution in [0.2, 0.25) is 0 Å². The van der Waals surface area contributed by atoms with Crippen molar-refractivity contribution in [3.05, 3.63) is 35.1 Å². The van der Waals surface area contributed by atoms with Crippen LogP contribution in [0, 0.1) is 12.7 Å². The van der Waals surface area contributed by atoms with Gasteiger partial charge >= 0.3 is 0 Å². The first-order chi connectivity index (χ1) is 12.2. The number of nitrogens with zero attached hydrogens (tertiary/aromatic N) is 1. The summed E-state index contributed by atoms with van der Waals surface area (Å²) in [5.74, 6) is 0.637. The molecular formula is C19H32FN3O2. The summed E-state index contributed by atoms with van der Waals surface area (Å²) < 4.78 is 23.5. The Labute approximate surface area is 151 Å². The zero-order valence-corrected chi connectivity index (χ0v) is 15.7. The van der Waals surface area contributed by atoms with Crippen LogP contribution in [0.5, 0.6) is 0 Å². The third-order valence-electron chi connectivity index (χ3n) is 3.73. The third-order valence-corrected chi connectivity index (χ3v) is 3.73. The summed E-state index contributed by atoms with van der Waals surface area (Å²) in [6.07, 6.45) is 2.81. The number of rotatable bonds is 12. The van der Waals surface area contributed by atoms with Gasteiger partial charge in [0.15, 0.2) is 5.96 Å². The maximum Gasteiger partial charge on any atom is 0.191 e. The first kappa shape index (κ1) is 21.4. The van der Waals surface area contributed by atoms with Crippen LogP contribution in [0.3, 0.4) is 0 Å². The molecule has 0 spiro atoms. The van der Waals surface area contributed by atoms with Gasteiger partial charge in [0.2, 0.25) is 0 Å². The predicted molar refractivity (Wildman–Crippen MR) is 101 cm³/mol. The van der Waals surface area contributed by atoms with Crippen molar-refractivity contribution in [2.45, 2.75) is 33.1 Å². The van der Waals surface area contributed by atoms with E-state index in [1.165, 1.54) is 6.07 Å². The first-order valence-corrected chi connectivity index (χ1v) is 9.01. The van der Waals surface area contributed by atoms with E-state index in [1.807, 2.05) is 19.9 Å². The Morgan fingerprint density at radius 2 is 2.00 bits per heavy atom. The third kappa shape index (κ3) is 10.0. The molecule has 0 unspecified atom stereocenters. The summed E-state index contributed by atoms with van der Waals surface area (Å²) >= 11 is 0. The number of aliphatic imine (C=N–C) groups is 1. The highest BCUT2D eigenvalue weighted by atomic mass is 19.1. The van der Waals surface area contributed by atoms with E-state index in [9.17, 15) is 4.39 Å². The van der Waals surface area contributed by atoms with Gasteiger partial charge in [0.25, 0.3) is 0 Å². The zero-order chi connectivity index (χ0) is 18.3. The minimum absolute atomic E-state index is 0.185. The highest BCUT2D eigenvalue weighted by Crippen LogP contribution is 2.10. The molecule has 6 heteroatoms. The molecular weight excluding hydrogens is 321 g/mol. The second-order valence-corrected chi connectivity index (χ2v) is 5.82. The van der Waals surface area contributed by atoms with Gasteiger partial charge in [0.1, 0.15) is 5.82 Å². The molecule has 2 N–H and O–H groups in total. The van der Waals surface area contributed by atoms with E-state index in [0.29, 0.717) is 13.2 Å². The maximum atomic E-state index is 13.1. The van der Waals surface area contributed by atoms with Crippen LogP contribution in [0.25, 0.3) is 0 Å². The van der Waals surface area contributed by atoms with Crippen LogP contribution in [-0.4, -0.2) is 52.5 Å². The molecule has 1 rings (SSSR count). The number of halogens is 1. The summed E-state index contributed by atoms with van der Waals surface area (Å²) in [7, 11) is 1.67. The first-order valence-electron chi connectivity index (χ1n) is 9.01. The minimum Gasteiger partial charge on any atom is -0.382 e. The molecule has 0 aliphatic heterocycles. The average Bonchev–Trinajstić information content (AvgIpc) is 2.59. The lowest BCUT2D eigenvalue weighted by Gasteiger charge is -2.12. The minimum atomic E-state index is -0.185. The topological polar surface area (TPSA) is 54.9 Å². The molecule has 5 nitrogen and oxygen atoms in total. The molecule has 0 heterocycles. The molecule has 0 aliphatic carbocycles. The Bertz CT molecular complexity index is 509. The second kappa shape index (κ2) is 13.6. The normalized spacial score (nSPS) is 11.6. The second-order valence-electron chi connectivity index (χ2n) is 5.82. The quantitative estimate of drug-likeness (QED) is 0.345. The molecule has 0 amide bonds. The molecule has 1 aromatic carbocycles. The van der Waals surface area contributed by atoms with Gasteiger partial charge in [-0.1, -0.05) is 6.07 Å². The van der Waals surface area contributed by atoms with Gasteiger partial charge in [-0.2, -0.15) is 0 Å². The SMILES string of the molecule is CCNC(=NCCCCOCCOC)NCCc1ccc(F)cc1C. The van der Waals surface area contributed by atoms with E-state index in [4.69, 9.17) is 9.47 Å². The van der Waals surface area contributed by atoms with Crippen molar-refractivity contribution in [2.75, 3.05) is 46.6 Å². The number of aryl methyl sites for hydroxylation is 1. The van der Waals surface area contributed by atoms with E-state index in [1.54, 1.807) is 13.2 Å². The molecule has 0 bridgehead atoms. The van der Waals surface area contributed by atoms with Crippen LogP contribution < -0.4 is 10.6 Å². The highest BCUT2D eigenvalue weighted by molar-refractivity contribution is 5.79. The molecule has 0 atom stereocenters. The average molecular weight is 353 g/mol. The predicted octanol–water partition coefficient (Wildman–Crippen LogP) is 2.67. The van der Waals surface area contributed by atoms with Crippen molar-refractivity contribution in [1.82, 2.24) is 10.6 Å². The number of nitrogens with one attached hydrogen (secondary N) is 2. The Morgan fingerprint density at radius 1 is 1.16 bits per heavy atom. The van der Waals surface area contributed by atoms with Gasteiger partial charge in [-0.3, -0.25) is 4.99 Å². The van der Waals surface area contributed by atoms with Crippen LogP contribution in [0.15, 0.2) is 23.2 Å². The Kier molecular flexibility index (Phi) is 11.6. The Balaban J connectivity index is 2.26. The summed E-state index contributed by atoms with van der Waals surface area (Å²) in [5.41, 5.74) is 2.13. The van der Waals surface area contributed by atoms with Crippen molar-refractivity contribution in [1.29, 1.82) is 0 Å². The van der Waals surface area contributed by atoms with Crippen LogP contribution in [0.1, 0.15) is 30.9 Å². The summed E-state index contributed by atoms with van der Waals surface area (Å²) in [4.78, 5) is 4.57. The zero-order valence-electron chi connectivity index (χ0n) is 15.7. The monoisotopic (exact) mass is 353 g/mol. The van der Waals surface area contributed by atoms with Gasteiger partial charge in [-0.25, -0.2) is 4.39 Å². The number of benzene rings is 1. The number of unbranched alkanes of at least 4 members (excludes halogenated alkanes) is 1. The van der Waals surface area contributed by atoms with E-state index < -0.39 is 0 Å². The fourth-order valence-electron chi connectivity index (χ4n) is 2.35. The van der Waals surface area contributed by atoms with Crippen molar-refractivity contribution in [3.8, 4) is 0 Å². The fourth-order valence-corrected chi connectivity index (χ4v) is 2.35. The van der Waals surface area contributed by atoms with Crippen molar-refractivity contribution in [2.24, 2.45) is 4.99 Å². The molecule has 0 aromatic heterocycles. The highest BCUT2D eigenvalue weighted by Gasteiger charge is 2.01. The van der Waals surface area contributed by atoms with Gasteiger partial charge in [-0.15, -0.1) is 0 Å². The molecule has 0 saturated heterocycles. The maximum absolute atomic E-state index is 13.1. The van der Waals surface area contributed by atoms with Crippen molar-refractivity contribution >= 4 is 5.96 Å². The number of guanidine groups is 1. The Hall–Kier alpha value is -1.66. The van der Waals surface area contributed by atoms with Crippen LogP contribution in [0.4, 0.5) is 4.39 Å². The lowest BCUT2D eigenvalue weighted by atomic mass is 10.1.